The van der Waals surface area contributed by atoms with Crippen molar-refractivity contribution in [1.29, 1.82) is 0 Å². The molecule has 0 spiro atoms. The van der Waals surface area contributed by atoms with Crippen LogP contribution < -0.4 is 5.32 Å². The number of aromatic hydroxyl groups is 1. The molecule has 0 unspecified atom stereocenters. The normalized spacial score (nSPS) is 10.2. The highest BCUT2D eigenvalue weighted by Gasteiger charge is 2.20. The molecule has 0 aromatic heterocycles. The van der Waals surface area contributed by atoms with Crippen LogP contribution in [-0.4, -0.2) is 11.0 Å². The lowest BCUT2D eigenvalue weighted by Crippen LogP contribution is -2.07. The Morgan fingerprint density at radius 2 is 1.47 bits per heavy atom. The summed E-state index contributed by atoms with van der Waals surface area (Å²) in [7, 11) is 0. The SMILES string of the molecule is CC(=O)Nc1c(Cl)c(Cl)c(O)c(Cl)c1Cl. The van der Waals surface area contributed by atoms with E-state index in [1.165, 1.54) is 6.92 Å². The van der Waals surface area contributed by atoms with Gasteiger partial charge in [-0.1, -0.05) is 46.4 Å². The smallest absolute Gasteiger partial charge is 0.221 e. The maximum Gasteiger partial charge on any atom is 0.221 e. The van der Waals surface area contributed by atoms with Crippen molar-refractivity contribution in [3.8, 4) is 5.75 Å². The molecule has 0 saturated heterocycles. The van der Waals surface area contributed by atoms with Crippen LogP contribution in [0, 0.1) is 0 Å². The summed E-state index contributed by atoms with van der Waals surface area (Å²) in [6, 6.07) is 0. The van der Waals surface area contributed by atoms with Crippen LogP contribution in [0.5, 0.6) is 5.75 Å². The molecule has 0 heterocycles. The number of amides is 1. The number of phenols is 1. The fraction of sp³-hybridized carbons (Fsp3) is 0.125. The van der Waals surface area contributed by atoms with Gasteiger partial charge < -0.3 is 10.4 Å². The van der Waals surface area contributed by atoms with Crippen LogP contribution in [0.1, 0.15) is 6.92 Å². The molecule has 7 heteroatoms. The van der Waals surface area contributed by atoms with Crippen molar-refractivity contribution in [3.05, 3.63) is 20.1 Å². The van der Waals surface area contributed by atoms with Gasteiger partial charge in [-0.2, -0.15) is 0 Å². The van der Waals surface area contributed by atoms with Crippen molar-refractivity contribution in [3.63, 3.8) is 0 Å². The van der Waals surface area contributed by atoms with E-state index in [9.17, 15) is 9.90 Å². The predicted molar refractivity (Wildman–Crippen MR) is 62.5 cm³/mol. The molecule has 0 aliphatic heterocycles. The van der Waals surface area contributed by atoms with Crippen molar-refractivity contribution in [2.24, 2.45) is 0 Å². The van der Waals surface area contributed by atoms with Gasteiger partial charge in [-0.25, -0.2) is 0 Å². The lowest BCUT2D eigenvalue weighted by molar-refractivity contribution is -0.114. The largest absolute Gasteiger partial charge is 0.505 e. The Hall–Kier alpha value is -0.350. The number of nitrogens with one attached hydrogen (secondary N) is 1. The third-order valence-corrected chi connectivity index (χ3v) is 3.23. The van der Waals surface area contributed by atoms with E-state index in [4.69, 9.17) is 46.4 Å². The summed E-state index contributed by atoms with van der Waals surface area (Å²) in [4.78, 5) is 10.8. The van der Waals surface area contributed by atoms with Crippen LogP contribution in [0.2, 0.25) is 20.1 Å². The summed E-state index contributed by atoms with van der Waals surface area (Å²) in [5, 5.41) is 11.3. The standard InChI is InChI=1S/C8H5Cl4NO2/c1-2(14)13-7-3(9)5(11)8(15)6(12)4(7)10/h15H,1H3,(H,13,14). The highest BCUT2D eigenvalue weighted by molar-refractivity contribution is 6.51. The van der Waals surface area contributed by atoms with Gasteiger partial charge >= 0.3 is 0 Å². The van der Waals surface area contributed by atoms with Crippen LogP contribution in [-0.2, 0) is 4.79 Å². The van der Waals surface area contributed by atoms with Crippen LogP contribution in [0.15, 0.2) is 0 Å². The number of hydrogen-bond donors (Lipinski definition) is 2. The molecule has 1 amide bonds. The monoisotopic (exact) mass is 287 g/mol. The van der Waals surface area contributed by atoms with Gasteiger partial charge in [-0.15, -0.1) is 0 Å². The van der Waals surface area contributed by atoms with Crippen LogP contribution in [0.3, 0.4) is 0 Å². The third-order valence-electron chi connectivity index (χ3n) is 1.54. The topological polar surface area (TPSA) is 49.3 Å². The zero-order valence-corrected chi connectivity index (χ0v) is 10.4. The first kappa shape index (κ1) is 12.7. The number of carbonyl (C=O) groups excluding carboxylic acids is 1. The summed E-state index contributed by atoms with van der Waals surface area (Å²) in [5.41, 5.74) is 0.0821. The van der Waals surface area contributed by atoms with E-state index in [-0.39, 0.29) is 31.7 Å². The lowest BCUT2D eigenvalue weighted by atomic mass is 10.3. The fourth-order valence-corrected chi connectivity index (χ4v) is 1.84. The molecule has 0 saturated carbocycles. The average Bonchev–Trinajstić information content (AvgIpc) is 2.18. The Labute approximate surface area is 106 Å². The summed E-state index contributed by atoms with van der Waals surface area (Å²) in [6.07, 6.45) is 0. The number of anilines is 1. The highest BCUT2D eigenvalue weighted by Crippen LogP contribution is 2.47. The second kappa shape index (κ2) is 4.66. The first-order chi connectivity index (χ1) is 6.86. The Kier molecular flexibility index (Phi) is 3.95. The number of benzene rings is 1. The van der Waals surface area contributed by atoms with Crippen molar-refractivity contribution in [2.75, 3.05) is 5.32 Å². The maximum absolute atomic E-state index is 10.8. The Bertz CT molecular complexity index is 404. The number of hydrogen-bond acceptors (Lipinski definition) is 2. The minimum Gasteiger partial charge on any atom is -0.505 e. The molecule has 15 heavy (non-hydrogen) atoms. The summed E-state index contributed by atoms with van der Waals surface area (Å²) in [6.45, 7) is 1.28. The second-order valence-corrected chi connectivity index (χ2v) is 4.17. The Morgan fingerprint density at radius 1 is 1.07 bits per heavy atom. The molecule has 0 fully saturated rings. The van der Waals surface area contributed by atoms with E-state index < -0.39 is 5.75 Å². The summed E-state index contributed by atoms with van der Waals surface area (Å²) >= 11 is 22.9. The Morgan fingerprint density at radius 3 is 1.80 bits per heavy atom. The molecule has 82 valence electrons. The Balaban J connectivity index is 3.45. The zero-order valence-electron chi connectivity index (χ0n) is 7.37. The molecular weight excluding hydrogens is 284 g/mol. The van der Waals surface area contributed by atoms with Gasteiger partial charge in [0.25, 0.3) is 0 Å². The first-order valence-corrected chi connectivity index (χ1v) is 5.20. The predicted octanol–water partition coefficient (Wildman–Crippen LogP) is 3.96. The van der Waals surface area contributed by atoms with Crippen molar-refractivity contribution in [1.82, 2.24) is 0 Å². The minimum absolute atomic E-state index is 0.0567. The second-order valence-electron chi connectivity index (χ2n) is 2.66. The number of rotatable bonds is 1. The molecule has 0 bridgehead atoms. The van der Waals surface area contributed by atoms with Gasteiger partial charge in [0.05, 0.1) is 15.7 Å². The van der Waals surface area contributed by atoms with Crippen LogP contribution in [0.25, 0.3) is 0 Å². The highest BCUT2D eigenvalue weighted by atomic mass is 35.5. The molecule has 1 rings (SSSR count). The van der Waals surface area contributed by atoms with Gasteiger partial charge in [0.1, 0.15) is 10.0 Å². The molecule has 1 aromatic carbocycles. The quantitative estimate of drug-likeness (QED) is 0.607. The summed E-state index contributed by atoms with van der Waals surface area (Å²) in [5.74, 6) is -0.793. The van der Waals surface area contributed by atoms with Gasteiger partial charge in [-0.05, 0) is 0 Å². The van der Waals surface area contributed by atoms with Gasteiger partial charge in [-0.3, -0.25) is 4.79 Å². The number of phenolic OH excluding ortho intramolecular Hbond substituents is 1. The number of halogens is 4. The van der Waals surface area contributed by atoms with Gasteiger partial charge in [0, 0.05) is 6.92 Å². The van der Waals surface area contributed by atoms with Crippen molar-refractivity contribution in [2.45, 2.75) is 6.92 Å². The van der Waals surface area contributed by atoms with Crippen molar-refractivity contribution < 1.29 is 9.90 Å². The third kappa shape index (κ3) is 2.42. The molecule has 1 aromatic rings. The van der Waals surface area contributed by atoms with Crippen molar-refractivity contribution >= 4 is 58.0 Å². The van der Waals surface area contributed by atoms with E-state index in [1.807, 2.05) is 0 Å². The lowest BCUT2D eigenvalue weighted by Gasteiger charge is -2.12. The molecule has 0 atom stereocenters. The first-order valence-electron chi connectivity index (χ1n) is 3.68. The molecule has 2 N–H and O–H groups in total. The zero-order chi connectivity index (χ0) is 11.7. The molecular formula is C8H5Cl4NO2. The van der Waals surface area contributed by atoms with E-state index >= 15 is 0 Å². The molecule has 0 aliphatic rings. The minimum atomic E-state index is -0.414. The van der Waals surface area contributed by atoms with E-state index in [0.29, 0.717) is 0 Å². The molecule has 0 aliphatic carbocycles. The maximum atomic E-state index is 10.8. The van der Waals surface area contributed by atoms with Gasteiger partial charge in [0.2, 0.25) is 5.91 Å². The summed E-state index contributed by atoms with van der Waals surface area (Å²) < 4.78 is 0. The number of carbonyl (C=O) groups is 1. The van der Waals surface area contributed by atoms with Crippen LogP contribution in [0.4, 0.5) is 5.69 Å². The van der Waals surface area contributed by atoms with E-state index in [1.54, 1.807) is 0 Å². The van der Waals surface area contributed by atoms with Gasteiger partial charge in [0.15, 0.2) is 5.75 Å². The van der Waals surface area contributed by atoms with Crippen LogP contribution >= 0.6 is 46.4 Å². The van der Waals surface area contributed by atoms with E-state index in [0.717, 1.165) is 0 Å². The van der Waals surface area contributed by atoms with E-state index in [2.05, 4.69) is 5.32 Å². The average molecular weight is 289 g/mol. The molecule has 3 nitrogen and oxygen atoms in total. The fourth-order valence-electron chi connectivity index (χ4n) is 0.906. The molecule has 0 radical (unpaired) electrons.